The van der Waals surface area contributed by atoms with Crippen LogP contribution in [0.25, 0.3) is 17.0 Å². The summed E-state index contributed by atoms with van der Waals surface area (Å²) in [6.07, 6.45) is 3.54. The van der Waals surface area contributed by atoms with Crippen molar-refractivity contribution in [2.24, 2.45) is 10.7 Å². The molecule has 1 aliphatic heterocycles. The number of nitrogens with zero attached hydrogens (tertiary/aromatic N) is 2. The number of fused-ring (bicyclic) bond motifs is 1. The topological polar surface area (TPSA) is 109 Å². The van der Waals surface area contributed by atoms with Crippen LogP contribution in [0.1, 0.15) is 19.4 Å². The minimum atomic E-state index is -1.03. The van der Waals surface area contributed by atoms with Crippen LogP contribution in [-0.4, -0.2) is 27.5 Å². The van der Waals surface area contributed by atoms with E-state index in [-0.39, 0.29) is 11.8 Å². The lowest BCUT2D eigenvalue weighted by atomic mass is 10.1. The van der Waals surface area contributed by atoms with Crippen LogP contribution in [0.15, 0.2) is 64.6 Å². The van der Waals surface area contributed by atoms with E-state index < -0.39 is 5.54 Å². The molecule has 2 amide bonds. The van der Waals surface area contributed by atoms with Crippen molar-refractivity contribution in [3.8, 4) is 0 Å². The second-order valence-corrected chi connectivity index (χ2v) is 9.22. The number of nitrogens with two attached hydrogens (primary N) is 1. The molecule has 0 spiro atoms. The Balaban J connectivity index is 1.57. The van der Waals surface area contributed by atoms with Crippen molar-refractivity contribution in [2.75, 3.05) is 5.32 Å². The maximum atomic E-state index is 12.5. The number of carbonyl (C=O) groups excluding carboxylic acids is 2. The minimum Gasteiger partial charge on any atom is -0.324 e. The fraction of sp³-hybridized carbons (Fsp3) is 0.130. The second-order valence-electron chi connectivity index (χ2n) is 7.78. The number of nitrogens with one attached hydrogen (secondary N) is 2. The Morgan fingerprint density at radius 3 is 2.84 bits per heavy atom. The predicted molar refractivity (Wildman–Crippen MR) is 131 cm³/mol. The Kier molecular flexibility index (Phi) is 6.01. The van der Waals surface area contributed by atoms with Gasteiger partial charge in [0.1, 0.15) is 0 Å². The van der Waals surface area contributed by atoms with Crippen LogP contribution < -0.4 is 16.4 Å². The molecule has 1 saturated heterocycles. The van der Waals surface area contributed by atoms with Gasteiger partial charge in [-0.15, -0.1) is 0 Å². The number of hydrogen-bond acceptors (Lipinski definition) is 6. The first-order valence-electron chi connectivity index (χ1n) is 9.73. The summed E-state index contributed by atoms with van der Waals surface area (Å²) in [5, 5.41) is 7.26. The average Bonchev–Trinajstić information content (AvgIpc) is 3.08. The fourth-order valence-electron chi connectivity index (χ4n) is 2.89. The van der Waals surface area contributed by atoms with Crippen molar-refractivity contribution in [1.82, 2.24) is 10.3 Å². The number of halogens is 1. The number of benzene rings is 2. The molecule has 1 fully saturated rings. The molecule has 4 rings (SSSR count). The van der Waals surface area contributed by atoms with Gasteiger partial charge in [0.25, 0.3) is 5.91 Å². The molecule has 4 N–H and O–H groups in total. The summed E-state index contributed by atoms with van der Waals surface area (Å²) >= 11 is 7.49. The summed E-state index contributed by atoms with van der Waals surface area (Å²) in [6, 6.07) is 14.6. The molecule has 162 valence electrons. The van der Waals surface area contributed by atoms with Crippen molar-refractivity contribution >= 4 is 68.7 Å². The van der Waals surface area contributed by atoms with Crippen molar-refractivity contribution in [3.63, 3.8) is 0 Å². The quantitative estimate of drug-likeness (QED) is 0.493. The lowest BCUT2D eigenvalue weighted by molar-refractivity contribution is -0.120. The molecular formula is C23H20ClN5O2S. The van der Waals surface area contributed by atoms with E-state index in [2.05, 4.69) is 20.6 Å². The molecule has 2 heterocycles. The minimum absolute atomic E-state index is 0.245. The maximum Gasteiger partial charge on any atom is 0.264 e. The summed E-state index contributed by atoms with van der Waals surface area (Å²) < 4.78 is 0. The first kappa shape index (κ1) is 22.0. The zero-order chi connectivity index (χ0) is 22.9. The van der Waals surface area contributed by atoms with Crippen molar-refractivity contribution in [1.29, 1.82) is 0 Å². The third kappa shape index (κ3) is 4.99. The number of aliphatic imine (C=N–C) groups is 1. The number of amidine groups is 1. The molecule has 0 atom stereocenters. The van der Waals surface area contributed by atoms with Gasteiger partial charge in [-0.05, 0) is 73.6 Å². The van der Waals surface area contributed by atoms with Gasteiger partial charge in [-0.25, -0.2) is 4.99 Å². The first-order chi connectivity index (χ1) is 15.2. The van der Waals surface area contributed by atoms with Gasteiger partial charge in [0.2, 0.25) is 5.91 Å². The monoisotopic (exact) mass is 465 g/mol. The van der Waals surface area contributed by atoms with Crippen LogP contribution in [0.2, 0.25) is 5.02 Å². The number of pyridine rings is 1. The Hall–Kier alpha value is -3.20. The van der Waals surface area contributed by atoms with Crippen molar-refractivity contribution in [3.05, 3.63) is 70.2 Å². The molecule has 0 bridgehead atoms. The molecule has 2 aromatic carbocycles. The highest BCUT2D eigenvalue weighted by atomic mass is 35.5. The molecule has 0 unspecified atom stereocenters. The number of hydrogen-bond donors (Lipinski definition) is 3. The number of thioether (sulfide) groups is 1. The van der Waals surface area contributed by atoms with E-state index >= 15 is 0 Å². The highest BCUT2D eigenvalue weighted by Gasteiger charge is 2.25. The predicted octanol–water partition coefficient (Wildman–Crippen LogP) is 4.46. The Labute approximate surface area is 194 Å². The van der Waals surface area contributed by atoms with E-state index in [0.717, 1.165) is 16.5 Å². The SMILES string of the molecule is CC(C)(N)C(=O)Nc1ccc(Cl)c(N=C2NC(=O)C(=Cc3ccc4ncccc4c3)S2)c1. The first-order valence-corrected chi connectivity index (χ1v) is 10.9. The van der Waals surface area contributed by atoms with E-state index in [1.807, 2.05) is 30.3 Å². The molecule has 7 nitrogen and oxygen atoms in total. The average molecular weight is 466 g/mol. The standard InChI is InChI=1S/C23H20ClN5O2S/c1-23(2,25)21(31)27-15-6-7-16(24)18(12-15)28-22-29-20(30)19(32-22)11-13-5-8-17-14(10-13)4-3-9-26-17/h3-12H,25H2,1-2H3,(H,27,31)(H,28,29,30). The van der Waals surface area contributed by atoms with Gasteiger partial charge in [-0.1, -0.05) is 23.7 Å². The van der Waals surface area contributed by atoms with Gasteiger partial charge < -0.3 is 16.4 Å². The summed E-state index contributed by atoms with van der Waals surface area (Å²) in [5.41, 5.74) is 7.49. The van der Waals surface area contributed by atoms with Gasteiger partial charge in [0.15, 0.2) is 5.17 Å². The third-order valence-electron chi connectivity index (χ3n) is 4.59. The number of amides is 2. The lowest BCUT2D eigenvalue weighted by Crippen LogP contribution is -2.45. The molecule has 3 aromatic rings. The van der Waals surface area contributed by atoms with Crippen molar-refractivity contribution in [2.45, 2.75) is 19.4 Å². The maximum absolute atomic E-state index is 12.5. The second kappa shape index (κ2) is 8.74. The van der Waals surface area contributed by atoms with Crippen LogP contribution in [0, 0.1) is 0 Å². The molecule has 9 heteroatoms. The van der Waals surface area contributed by atoms with E-state index in [0.29, 0.717) is 26.5 Å². The van der Waals surface area contributed by atoms with Gasteiger partial charge in [-0.3, -0.25) is 14.6 Å². The summed E-state index contributed by atoms with van der Waals surface area (Å²) in [4.78, 5) is 33.9. The number of carbonyl (C=O) groups is 2. The summed E-state index contributed by atoms with van der Waals surface area (Å²) in [6.45, 7) is 3.23. The van der Waals surface area contributed by atoms with Gasteiger partial charge in [-0.2, -0.15) is 0 Å². The fourth-order valence-corrected chi connectivity index (χ4v) is 3.89. The molecule has 0 saturated carbocycles. The van der Waals surface area contributed by atoms with Gasteiger partial charge >= 0.3 is 0 Å². The van der Waals surface area contributed by atoms with Crippen LogP contribution in [0.5, 0.6) is 0 Å². The molecular weight excluding hydrogens is 446 g/mol. The number of rotatable bonds is 4. The van der Waals surface area contributed by atoms with Crippen LogP contribution >= 0.6 is 23.4 Å². The largest absolute Gasteiger partial charge is 0.324 e. The Morgan fingerprint density at radius 2 is 2.06 bits per heavy atom. The Morgan fingerprint density at radius 1 is 1.25 bits per heavy atom. The highest BCUT2D eigenvalue weighted by molar-refractivity contribution is 8.18. The zero-order valence-electron chi connectivity index (χ0n) is 17.3. The molecule has 0 radical (unpaired) electrons. The third-order valence-corrected chi connectivity index (χ3v) is 5.82. The molecule has 0 aliphatic carbocycles. The van der Waals surface area contributed by atoms with Crippen LogP contribution in [0.4, 0.5) is 11.4 Å². The van der Waals surface area contributed by atoms with E-state index in [4.69, 9.17) is 17.3 Å². The number of anilines is 1. The molecule has 32 heavy (non-hydrogen) atoms. The number of aromatic nitrogens is 1. The smallest absolute Gasteiger partial charge is 0.264 e. The van der Waals surface area contributed by atoms with E-state index in [9.17, 15) is 9.59 Å². The zero-order valence-corrected chi connectivity index (χ0v) is 18.9. The lowest BCUT2D eigenvalue weighted by Gasteiger charge is -2.18. The molecule has 1 aromatic heterocycles. The van der Waals surface area contributed by atoms with Crippen LogP contribution in [0.3, 0.4) is 0 Å². The Bertz CT molecular complexity index is 1300. The van der Waals surface area contributed by atoms with Gasteiger partial charge in [0.05, 0.1) is 26.7 Å². The summed E-state index contributed by atoms with van der Waals surface area (Å²) in [7, 11) is 0. The normalized spacial score (nSPS) is 16.6. The highest BCUT2D eigenvalue weighted by Crippen LogP contribution is 2.33. The molecule has 1 aliphatic rings. The van der Waals surface area contributed by atoms with Gasteiger partial charge in [0, 0.05) is 17.3 Å². The van der Waals surface area contributed by atoms with E-state index in [1.54, 1.807) is 44.3 Å². The summed E-state index contributed by atoms with van der Waals surface area (Å²) in [5.74, 6) is -0.580. The van der Waals surface area contributed by atoms with Crippen molar-refractivity contribution < 1.29 is 9.59 Å². The van der Waals surface area contributed by atoms with Crippen LogP contribution in [-0.2, 0) is 9.59 Å². The van der Waals surface area contributed by atoms with E-state index in [1.165, 1.54) is 11.8 Å².